The number of halogens is 2. The Hall–Kier alpha value is -4.01. The first-order chi connectivity index (χ1) is 18.8. The summed E-state index contributed by atoms with van der Waals surface area (Å²) in [6.07, 6.45) is 0. The number of hydrogen-bond donors (Lipinski definition) is 1. The van der Waals surface area contributed by atoms with Gasteiger partial charge >= 0.3 is 5.69 Å². The number of benzene rings is 3. The molecule has 5 rings (SSSR count). The molecule has 10 heteroatoms. The van der Waals surface area contributed by atoms with E-state index in [1.165, 1.54) is 10.6 Å². The SMILES string of the molecule is COc1ccc(-n2c(C(=O)N[C@@H](C)c3ccccc3)c3n(c2=O)CCN(C(=O)c2ccc(Cl)c(Cl)c2)C3)cc1. The predicted octanol–water partition coefficient (Wildman–Crippen LogP) is 5.10. The summed E-state index contributed by atoms with van der Waals surface area (Å²) in [4.78, 5) is 42.4. The molecule has 1 N–H and O–H groups in total. The van der Waals surface area contributed by atoms with Crippen molar-refractivity contribution < 1.29 is 14.3 Å². The monoisotopic (exact) mass is 564 g/mol. The molecule has 0 unspecified atom stereocenters. The lowest BCUT2D eigenvalue weighted by molar-refractivity contribution is 0.0706. The number of rotatable bonds is 6. The molecule has 3 aromatic carbocycles. The first kappa shape index (κ1) is 26.6. The van der Waals surface area contributed by atoms with Crippen molar-refractivity contribution in [2.75, 3.05) is 13.7 Å². The van der Waals surface area contributed by atoms with Crippen molar-refractivity contribution in [1.82, 2.24) is 19.4 Å². The molecule has 0 bridgehead atoms. The highest BCUT2D eigenvalue weighted by Crippen LogP contribution is 2.26. The van der Waals surface area contributed by atoms with Crippen LogP contribution in [0.2, 0.25) is 10.0 Å². The van der Waals surface area contributed by atoms with Crippen LogP contribution >= 0.6 is 23.2 Å². The molecule has 0 saturated heterocycles. The molecule has 0 aliphatic carbocycles. The second kappa shape index (κ2) is 11.0. The van der Waals surface area contributed by atoms with Gasteiger partial charge in [-0.2, -0.15) is 0 Å². The Balaban J connectivity index is 1.56. The highest BCUT2D eigenvalue weighted by atomic mass is 35.5. The van der Waals surface area contributed by atoms with Gasteiger partial charge in [0, 0.05) is 18.7 Å². The number of nitrogens with zero attached hydrogens (tertiary/aromatic N) is 3. The third-order valence-corrected chi connectivity index (χ3v) is 7.56. The van der Waals surface area contributed by atoms with Crippen LogP contribution in [0.4, 0.5) is 0 Å². The fourth-order valence-electron chi connectivity index (χ4n) is 4.74. The van der Waals surface area contributed by atoms with Crippen LogP contribution in [0, 0.1) is 0 Å². The van der Waals surface area contributed by atoms with Gasteiger partial charge in [0.05, 0.1) is 41.1 Å². The summed E-state index contributed by atoms with van der Waals surface area (Å²) in [5.74, 6) is -0.0665. The minimum absolute atomic E-state index is 0.0694. The van der Waals surface area contributed by atoms with Crippen LogP contribution in [0.5, 0.6) is 5.75 Å². The smallest absolute Gasteiger partial charge is 0.333 e. The number of amides is 2. The quantitative estimate of drug-likeness (QED) is 0.353. The zero-order valence-electron chi connectivity index (χ0n) is 21.4. The molecular formula is C29H26Cl2N4O4. The molecule has 1 aliphatic rings. The molecule has 8 nitrogen and oxygen atoms in total. The van der Waals surface area contributed by atoms with Crippen molar-refractivity contribution in [2.45, 2.75) is 26.1 Å². The number of fused-ring (bicyclic) bond motifs is 1. The summed E-state index contributed by atoms with van der Waals surface area (Å²) in [5, 5.41) is 3.65. The predicted molar refractivity (Wildman–Crippen MR) is 150 cm³/mol. The molecule has 2 heterocycles. The van der Waals surface area contributed by atoms with E-state index in [-0.39, 0.29) is 41.4 Å². The van der Waals surface area contributed by atoms with E-state index >= 15 is 0 Å². The fourth-order valence-corrected chi connectivity index (χ4v) is 5.04. The van der Waals surface area contributed by atoms with E-state index < -0.39 is 5.91 Å². The van der Waals surface area contributed by atoms with Crippen molar-refractivity contribution in [3.63, 3.8) is 0 Å². The van der Waals surface area contributed by atoms with Crippen LogP contribution in [0.25, 0.3) is 5.69 Å². The first-order valence-corrected chi connectivity index (χ1v) is 13.1. The number of aromatic nitrogens is 2. The molecule has 0 saturated carbocycles. The van der Waals surface area contributed by atoms with Gasteiger partial charge < -0.3 is 15.0 Å². The topological polar surface area (TPSA) is 85.6 Å². The Bertz CT molecular complexity index is 1600. The van der Waals surface area contributed by atoms with Gasteiger partial charge in [0.15, 0.2) is 0 Å². The van der Waals surface area contributed by atoms with E-state index in [4.69, 9.17) is 27.9 Å². The lowest BCUT2D eigenvalue weighted by Gasteiger charge is -2.28. The van der Waals surface area contributed by atoms with Gasteiger partial charge in [0.2, 0.25) is 0 Å². The summed E-state index contributed by atoms with van der Waals surface area (Å²) >= 11 is 12.2. The number of nitrogens with one attached hydrogen (secondary N) is 1. The molecular weight excluding hydrogens is 539 g/mol. The second-order valence-electron chi connectivity index (χ2n) is 9.22. The average molecular weight is 565 g/mol. The maximum absolute atomic E-state index is 13.8. The van der Waals surface area contributed by atoms with Crippen molar-refractivity contribution in [1.29, 1.82) is 0 Å². The lowest BCUT2D eigenvalue weighted by Crippen LogP contribution is -2.41. The van der Waals surface area contributed by atoms with Gasteiger partial charge in [-0.3, -0.25) is 18.7 Å². The van der Waals surface area contributed by atoms with Crippen LogP contribution in [0.3, 0.4) is 0 Å². The van der Waals surface area contributed by atoms with Gasteiger partial charge in [0.25, 0.3) is 11.8 Å². The van der Waals surface area contributed by atoms with Crippen molar-refractivity contribution in [3.8, 4) is 11.4 Å². The molecule has 39 heavy (non-hydrogen) atoms. The normalized spacial score (nSPS) is 13.5. The number of carbonyl (C=O) groups is 2. The average Bonchev–Trinajstić information content (AvgIpc) is 3.26. The van der Waals surface area contributed by atoms with E-state index in [2.05, 4.69) is 5.32 Å². The Morgan fingerprint density at radius 3 is 2.33 bits per heavy atom. The summed E-state index contributed by atoms with van der Waals surface area (Å²) in [5.41, 5.74) is 2.09. The molecule has 2 amide bonds. The highest BCUT2D eigenvalue weighted by Gasteiger charge is 2.32. The third-order valence-electron chi connectivity index (χ3n) is 6.83. The van der Waals surface area contributed by atoms with Gasteiger partial charge in [-0.1, -0.05) is 53.5 Å². The molecule has 4 aromatic rings. The largest absolute Gasteiger partial charge is 0.497 e. The number of carbonyl (C=O) groups excluding carboxylic acids is 2. The van der Waals surface area contributed by atoms with E-state index in [0.29, 0.717) is 34.3 Å². The maximum atomic E-state index is 13.8. The van der Waals surface area contributed by atoms with E-state index in [1.54, 1.807) is 53.0 Å². The summed E-state index contributed by atoms with van der Waals surface area (Å²) in [6, 6.07) is 20.8. The molecule has 1 atom stereocenters. The van der Waals surface area contributed by atoms with Crippen LogP contribution in [-0.4, -0.2) is 39.5 Å². The summed E-state index contributed by atoms with van der Waals surface area (Å²) < 4.78 is 8.22. The van der Waals surface area contributed by atoms with Gasteiger partial charge in [-0.25, -0.2) is 4.79 Å². The van der Waals surface area contributed by atoms with E-state index in [9.17, 15) is 14.4 Å². The number of methoxy groups -OCH3 is 1. The molecule has 1 aromatic heterocycles. The minimum atomic E-state index is -0.420. The Morgan fingerprint density at radius 2 is 1.67 bits per heavy atom. The van der Waals surface area contributed by atoms with Crippen LogP contribution in [0.15, 0.2) is 77.6 Å². The lowest BCUT2D eigenvalue weighted by atomic mass is 10.1. The number of ether oxygens (including phenoxy) is 1. The molecule has 0 fully saturated rings. The minimum Gasteiger partial charge on any atom is -0.497 e. The van der Waals surface area contributed by atoms with Gasteiger partial charge in [-0.15, -0.1) is 0 Å². The first-order valence-electron chi connectivity index (χ1n) is 12.4. The fraction of sp³-hybridized carbons (Fsp3) is 0.207. The van der Waals surface area contributed by atoms with E-state index in [0.717, 1.165) is 5.56 Å². The van der Waals surface area contributed by atoms with Crippen LogP contribution < -0.4 is 15.7 Å². The second-order valence-corrected chi connectivity index (χ2v) is 10.0. The van der Waals surface area contributed by atoms with Gasteiger partial charge in [0.1, 0.15) is 11.4 Å². The standard InChI is InChI=1S/C29H26Cl2N4O4/c1-18(19-6-4-3-5-7-19)32-27(36)26-25-17-33(28(37)20-8-13-23(30)24(31)16-20)14-15-34(25)29(38)35(26)21-9-11-22(39-2)12-10-21/h3-13,16,18H,14-15,17H2,1-2H3,(H,32,36)/t18-/m0/s1. The van der Waals surface area contributed by atoms with Crippen molar-refractivity contribution in [2.24, 2.45) is 0 Å². The van der Waals surface area contributed by atoms with E-state index in [1.807, 2.05) is 37.3 Å². The van der Waals surface area contributed by atoms with Crippen LogP contribution in [-0.2, 0) is 13.1 Å². The molecule has 0 spiro atoms. The Labute approximate surface area is 235 Å². The maximum Gasteiger partial charge on any atom is 0.333 e. The third kappa shape index (κ3) is 5.17. The molecule has 200 valence electrons. The summed E-state index contributed by atoms with van der Waals surface area (Å²) in [6.45, 7) is 2.48. The van der Waals surface area contributed by atoms with Gasteiger partial charge in [-0.05, 0) is 55.0 Å². The Kier molecular flexibility index (Phi) is 7.50. The molecule has 1 aliphatic heterocycles. The Morgan fingerprint density at radius 1 is 0.949 bits per heavy atom. The zero-order chi connectivity index (χ0) is 27.7. The van der Waals surface area contributed by atoms with Crippen LogP contribution in [0.1, 0.15) is 45.1 Å². The van der Waals surface area contributed by atoms with Crippen molar-refractivity contribution in [3.05, 3.63) is 116 Å². The molecule has 0 radical (unpaired) electrons. The summed E-state index contributed by atoms with van der Waals surface area (Å²) in [7, 11) is 1.56. The highest BCUT2D eigenvalue weighted by molar-refractivity contribution is 6.42. The zero-order valence-corrected chi connectivity index (χ0v) is 22.9. The number of hydrogen-bond acceptors (Lipinski definition) is 4. The number of imidazole rings is 1. The van der Waals surface area contributed by atoms with Crippen molar-refractivity contribution >= 4 is 35.0 Å².